The summed E-state index contributed by atoms with van der Waals surface area (Å²) in [5.74, 6) is -0.619. The fourth-order valence-corrected chi connectivity index (χ4v) is 5.75. The summed E-state index contributed by atoms with van der Waals surface area (Å²) in [4.78, 5) is 15.2. The summed E-state index contributed by atoms with van der Waals surface area (Å²) in [5, 5.41) is 4.60. The number of aryl methyl sites for hydroxylation is 2. The number of hydrogen-bond acceptors (Lipinski definition) is 4. The van der Waals surface area contributed by atoms with Crippen molar-refractivity contribution in [3.05, 3.63) is 82.4 Å². The summed E-state index contributed by atoms with van der Waals surface area (Å²) in [7, 11) is -3.75. The lowest BCUT2D eigenvalue weighted by Crippen LogP contribution is -2.37. The van der Waals surface area contributed by atoms with E-state index in [0.717, 1.165) is 23.4 Å². The fourth-order valence-electron chi connectivity index (χ4n) is 4.28. The number of carbonyl (C=O) groups excluding carboxylic acids is 1. The van der Waals surface area contributed by atoms with Crippen molar-refractivity contribution in [1.82, 2.24) is 19.0 Å². The van der Waals surface area contributed by atoms with E-state index in [4.69, 9.17) is 0 Å². The molecule has 0 N–H and O–H groups in total. The molecule has 2 aromatic carbocycles. The highest BCUT2D eigenvalue weighted by Crippen LogP contribution is 2.21. The average Bonchev–Trinajstić information content (AvgIpc) is 2.97. The van der Waals surface area contributed by atoms with Crippen molar-refractivity contribution < 1.29 is 17.6 Å². The molecule has 1 fully saturated rings. The Hall–Kier alpha value is -3.04. The van der Waals surface area contributed by atoms with Gasteiger partial charge in [0.25, 0.3) is 5.91 Å². The molecule has 1 amide bonds. The first-order valence-corrected chi connectivity index (χ1v) is 12.8. The van der Waals surface area contributed by atoms with Gasteiger partial charge in [0.1, 0.15) is 5.82 Å². The highest BCUT2D eigenvalue weighted by atomic mass is 32.2. The number of halogens is 1. The van der Waals surface area contributed by atoms with Gasteiger partial charge in [-0.3, -0.25) is 9.48 Å². The van der Waals surface area contributed by atoms with Crippen molar-refractivity contribution in [2.45, 2.75) is 38.6 Å². The third-order valence-electron chi connectivity index (χ3n) is 6.24. The maximum atomic E-state index is 13.4. The summed E-state index contributed by atoms with van der Waals surface area (Å²) in [6.07, 6.45) is 0.516. The number of aromatic nitrogens is 2. The summed E-state index contributed by atoms with van der Waals surface area (Å²) in [6, 6.07) is 13.0. The maximum Gasteiger partial charge on any atom is 0.257 e. The zero-order chi connectivity index (χ0) is 24.5. The second-order valence-electron chi connectivity index (χ2n) is 8.69. The van der Waals surface area contributed by atoms with Crippen LogP contribution in [0.5, 0.6) is 0 Å². The summed E-state index contributed by atoms with van der Waals surface area (Å²) in [6.45, 7) is 7.55. The Morgan fingerprint density at radius 3 is 2.29 bits per heavy atom. The van der Waals surface area contributed by atoms with Gasteiger partial charge in [-0.2, -0.15) is 9.40 Å². The highest BCUT2D eigenvalue weighted by molar-refractivity contribution is 7.89. The number of rotatable bonds is 5. The lowest BCUT2D eigenvalue weighted by molar-refractivity contribution is 0.0762. The van der Waals surface area contributed by atoms with Crippen LogP contribution in [-0.2, 0) is 16.6 Å². The largest absolute Gasteiger partial charge is 0.337 e. The molecule has 2 heterocycles. The molecule has 3 aromatic rings. The number of nitrogens with zero attached hydrogens (tertiary/aromatic N) is 4. The Morgan fingerprint density at radius 1 is 0.941 bits per heavy atom. The van der Waals surface area contributed by atoms with Crippen molar-refractivity contribution in [3.8, 4) is 0 Å². The second kappa shape index (κ2) is 9.68. The van der Waals surface area contributed by atoms with Crippen LogP contribution in [0.1, 0.15) is 39.3 Å². The molecule has 0 saturated carbocycles. The summed E-state index contributed by atoms with van der Waals surface area (Å²) >= 11 is 0. The molecule has 4 rings (SSSR count). The molecule has 1 aromatic heterocycles. The molecule has 34 heavy (non-hydrogen) atoms. The third-order valence-corrected chi connectivity index (χ3v) is 8.15. The van der Waals surface area contributed by atoms with Crippen molar-refractivity contribution in [2.24, 2.45) is 0 Å². The van der Waals surface area contributed by atoms with Gasteiger partial charge in [-0.25, -0.2) is 12.8 Å². The van der Waals surface area contributed by atoms with E-state index < -0.39 is 15.8 Å². The first-order valence-electron chi connectivity index (χ1n) is 11.3. The van der Waals surface area contributed by atoms with Gasteiger partial charge in [0.05, 0.1) is 22.7 Å². The van der Waals surface area contributed by atoms with Gasteiger partial charge >= 0.3 is 0 Å². The smallest absolute Gasteiger partial charge is 0.257 e. The van der Waals surface area contributed by atoms with E-state index in [1.165, 1.54) is 22.0 Å². The molecule has 9 heteroatoms. The van der Waals surface area contributed by atoms with E-state index in [2.05, 4.69) is 29.4 Å². The van der Waals surface area contributed by atoms with E-state index in [9.17, 15) is 17.6 Å². The molecule has 0 aliphatic carbocycles. The number of hydrogen-bond donors (Lipinski definition) is 0. The van der Waals surface area contributed by atoms with Crippen LogP contribution in [0.4, 0.5) is 4.39 Å². The van der Waals surface area contributed by atoms with Gasteiger partial charge in [0, 0.05) is 31.9 Å². The van der Waals surface area contributed by atoms with Crippen LogP contribution < -0.4 is 0 Å². The first kappa shape index (κ1) is 24.1. The molecule has 7 nitrogen and oxygen atoms in total. The Kier molecular flexibility index (Phi) is 6.86. The Labute approximate surface area is 199 Å². The lowest BCUT2D eigenvalue weighted by Gasteiger charge is -2.22. The molecule has 0 unspecified atom stereocenters. The second-order valence-corrected chi connectivity index (χ2v) is 10.6. The maximum absolute atomic E-state index is 13.4. The molecule has 1 saturated heterocycles. The zero-order valence-corrected chi connectivity index (χ0v) is 20.5. The van der Waals surface area contributed by atoms with Gasteiger partial charge < -0.3 is 4.90 Å². The predicted molar refractivity (Wildman–Crippen MR) is 128 cm³/mol. The van der Waals surface area contributed by atoms with Gasteiger partial charge in [0.15, 0.2) is 0 Å². The average molecular weight is 485 g/mol. The van der Waals surface area contributed by atoms with Crippen LogP contribution >= 0.6 is 0 Å². The third kappa shape index (κ3) is 4.90. The Morgan fingerprint density at radius 2 is 1.62 bits per heavy atom. The van der Waals surface area contributed by atoms with Crippen LogP contribution in [0.15, 0.2) is 53.4 Å². The summed E-state index contributed by atoms with van der Waals surface area (Å²) in [5.41, 5.74) is 4.32. The van der Waals surface area contributed by atoms with E-state index in [1.54, 1.807) is 4.90 Å². The standard InChI is InChI=1S/C25H29FN4O3S/c1-18-5-7-21(8-6-18)17-30-20(3)24(19(2)27-30)25(31)28-13-4-14-29(16-15-28)34(32,33)23-11-9-22(26)10-12-23/h5-12H,4,13-17H2,1-3H3. The fraction of sp³-hybridized carbons (Fsp3) is 0.360. The summed E-state index contributed by atoms with van der Waals surface area (Å²) < 4.78 is 42.4. The van der Waals surface area contributed by atoms with E-state index in [1.807, 2.05) is 25.5 Å². The first-order chi connectivity index (χ1) is 16.2. The molecule has 1 aliphatic rings. The van der Waals surface area contributed by atoms with Gasteiger partial charge in [-0.05, 0) is 57.0 Å². The van der Waals surface area contributed by atoms with Crippen molar-refractivity contribution in [2.75, 3.05) is 26.2 Å². The van der Waals surface area contributed by atoms with E-state index in [0.29, 0.717) is 37.3 Å². The van der Waals surface area contributed by atoms with E-state index >= 15 is 0 Å². The monoisotopic (exact) mass is 484 g/mol. The molecule has 180 valence electrons. The minimum atomic E-state index is -3.75. The predicted octanol–water partition coefficient (Wildman–Crippen LogP) is 3.53. The van der Waals surface area contributed by atoms with Crippen LogP contribution in [0.25, 0.3) is 0 Å². The van der Waals surface area contributed by atoms with Crippen LogP contribution in [0.3, 0.4) is 0 Å². The number of carbonyl (C=O) groups is 1. The van der Waals surface area contributed by atoms with Crippen LogP contribution in [-0.4, -0.2) is 59.5 Å². The molecular formula is C25H29FN4O3S. The quantitative estimate of drug-likeness (QED) is 0.555. The molecule has 0 spiro atoms. The molecular weight excluding hydrogens is 455 g/mol. The highest BCUT2D eigenvalue weighted by Gasteiger charge is 2.30. The van der Waals surface area contributed by atoms with Gasteiger partial charge in [-0.15, -0.1) is 0 Å². The normalized spacial score (nSPS) is 15.4. The molecule has 0 atom stereocenters. The molecule has 1 aliphatic heterocycles. The van der Waals surface area contributed by atoms with Crippen molar-refractivity contribution in [1.29, 1.82) is 0 Å². The van der Waals surface area contributed by atoms with Crippen molar-refractivity contribution in [3.63, 3.8) is 0 Å². The Bertz CT molecular complexity index is 1280. The van der Waals surface area contributed by atoms with E-state index in [-0.39, 0.29) is 23.9 Å². The van der Waals surface area contributed by atoms with Gasteiger partial charge in [0.2, 0.25) is 10.0 Å². The van der Waals surface area contributed by atoms with Crippen LogP contribution in [0, 0.1) is 26.6 Å². The van der Waals surface area contributed by atoms with Crippen molar-refractivity contribution >= 4 is 15.9 Å². The molecule has 0 bridgehead atoms. The molecule has 0 radical (unpaired) electrons. The topological polar surface area (TPSA) is 75.5 Å². The number of benzene rings is 2. The minimum absolute atomic E-state index is 0.0535. The zero-order valence-electron chi connectivity index (χ0n) is 19.7. The Balaban J connectivity index is 1.49. The SMILES string of the molecule is Cc1ccc(Cn2nc(C)c(C(=O)N3CCCN(S(=O)(=O)c4ccc(F)cc4)CC3)c2C)cc1. The minimum Gasteiger partial charge on any atom is -0.337 e. The van der Waals surface area contributed by atoms with Gasteiger partial charge in [-0.1, -0.05) is 29.8 Å². The lowest BCUT2D eigenvalue weighted by atomic mass is 10.1. The van der Waals surface area contributed by atoms with Crippen LogP contribution in [0.2, 0.25) is 0 Å². The number of sulfonamides is 1. The number of amides is 1.